The monoisotopic (exact) mass is 398 g/mol. The number of nitrogens with one attached hydrogen (secondary N) is 2. The molecule has 1 rings (SSSR count). The zero-order valence-corrected chi connectivity index (χ0v) is 14.6. The minimum atomic E-state index is -3.95. The minimum absolute atomic E-state index is 0.105. The SMILES string of the molecule is CC(C)CNC(=O)CNS(=O)(=O)c1cc(C(=O)O)sc1Br. The van der Waals surface area contributed by atoms with Gasteiger partial charge in [-0.25, -0.2) is 17.9 Å². The zero-order valence-electron chi connectivity index (χ0n) is 11.3. The minimum Gasteiger partial charge on any atom is -0.477 e. The maximum absolute atomic E-state index is 12.0. The van der Waals surface area contributed by atoms with Crippen molar-refractivity contribution in [3.8, 4) is 0 Å². The Bertz CT molecular complexity index is 639. The van der Waals surface area contributed by atoms with Crippen LogP contribution in [-0.2, 0) is 14.8 Å². The van der Waals surface area contributed by atoms with Crippen LogP contribution in [0.4, 0.5) is 0 Å². The van der Waals surface area contributed by atoms with Crippen molar-refractivity contribution >= 4 is 49.2 Å². The second kappa shape index (κ2) is 7.34. The number of hydrogen-bond acceptors (Lipinski definition) is 5. The average Bonchev–Trinajstić information content (AvgIpc) is 2.77. The number of carboxylic acid groups (broad SMARTS) is 1. The smallest absolute Gasteiger partial charge is 0.345 e. The van der Waals surface area contributed by atoms with Crippen molar-refractivity contribution in [1.29, 1.82) is 0 Å². The molecule has 0 aliphatic heterocycles. The summed E-state index contributed by atoms with van der Waals surface area (Å²) in [6.45, 7) is 3.88. The average molecular weight is 399 g/mol. The Morgan fingerprint density at radius 2 is 2.05 bits per heavy atom. The highest BCUT2D eigenvalue weighted by Crippen LogP contribution is 2.31. The number of hydrogen-bond donors (Lipinski definition) is 3. The number of halogens is 1. The summed E-state index contributed by atoms with van der Waals surface area (Å²) in [5.41, 5.74) is 0. The molecule has 1 aromatic rings. The third kappa shape index (κ3) is 5.38. The highest BCUT2D eigenvalue weighted by molar-refractivity contribution is 9.11. The van der Waals surface area contributed by atoms with Crippen molar-refractivity contribution in [3.63, 3.8) is 0 Å². The van der Waals surface area contributed by atoms with E-state index >= 15 is 0 Å². The molecule has 1 aromatic heterocycles. The van der Waals surface area contributed by atoms with Crippen LogP contribution in [0.2, 0.25) is 0 Å². The Labute approximate surface area is 134 Å². The van der Waals surface area contributed by atoms with Gasteiger partial charge in [-0.15, -0.1) is 11.3 Å². The van der Waals surface area contributed by atoms with Gasteiger partial charge in [-0.05, 0) is 27.9 Å². The van der Waals surface area contributed by atoms with E-state index in [0.717, 1.165) is 17.4 Å². The Morgan fingerprint density at radius 1 is 1.43 bits per heavy atom. The van der Waals surface area contributed by atoms with Crippen LogP contribution in [0.1, 0.15) is 23.5 Å². The first-order valence-electron chi connectivity index (χ1n) is 5.92. The van der Waals surface area contributed by atoms with Crippen molar-refractivity contribution in [3.05, 3.63) is 14.7 Å². The number of amides is 1. The lowest BCUT2D eigenvalue weighted by Crippen LogP contribution is -2.38. The van der Waals surface area contributed by atoms with Crippen LogP contribution in [0.5, 0.6) is 0 Å². The van der Waals surface area contributed by atoms with Gasteiger partial charge >= 0.3 is 5.97 Å². The number of aromatic carboxylic acids is 1. The first kappa shape index (κ1) is 18.1. The Kier molecular flexibility index (Phi) is 6.32. The van der Waals surface area contributed by atoms with E-state index < -0.39 is 28.4 Å². The molecule has 0 bridgehead atoms. The quantitative estimate of drug-likeness (QED) is 0.639. The summed E-state index contributed by atoms with van der Waals surface area (Å²) >= 11 is 3.81. The Balaban J connectivity index is 2.74. The first-order valence-corrected chi connectivity index (χ1v) is 9.01. The van der Waals surface area contributed by atoms with Crippen LogP contribution in [0, 0.1) is 5.92 Å². The third-order valence-electron chi connectivity index (χ3n) is 2.29. The molecular weight excluding hydrogens is 384 g/mol. The number of carboxylic acids is 1. The molecule has 0 saturated carbocycles. The fourth-order valence-electron chi connectivity index (χ4n) is 1.26. The fraction of sp³-hybridized carbons (Fsp3) is 0.455. The molecule has 0 atom stereocenters. The molecule has 0 radical (unpaired) electrons. The van der Waals surface area contributed by atoms with E-state index in [1.54, 1.807) is 0 Å². The van der Waals surface area contributed by atoms with Gasteiger partial charge in [0.1, 0.15) is 9.77 Å². The molecule has 0 unspecified atom stereocenters. The summed E-state index contributed by atoms with van der Waals surface area (Å²) in [5.74, 6) is -1.40. The number of carbonyl (C=O) groups is 2. The molecule has 3 N–H and O–H groups in total. The molecule has 1 heterocycles. The van der Waals surface area contributed by atoms with Gasteiger partial charge in [0.2, 0.25) is 15.9 Å². The summed E-state index contributed by atoms with van der Waals surface area (Å²) in [6.07, 6.45) is 0. The van der Waals surface area contributed by atoms with Gasteiger partial charge in [-0.3, -0.25) is 4.79 Å². The third-order valence-corrected chi connectivity index (χ3v) is 5.93. The van der Waals surface area contributed by atoms with Gasteiger partial charge in [-0.1, -0.05) is 13.8 Å². The highest BCUT2D eigenvalue weighted by atomic mass is 79.9. The largest absolute Gasteiger partial charge is 0.477 e. The van der Waals surface area contributed by atoms with E-state index in [4.69, 9.17) is 5.11 Å². The number of rotatable bonds is 7. The summed E-state index contributed by atoms with van der Waals surface area (Å²) in [5, 5.41) is 11.4. The predicted octanol–water partition coefficient (Wildman–Crippen LogP) is 1.26. The molecule has 0 spiro atoms. The highest BCUT2D eigenvalue weighted by Gasteiger charge is 2.23. The molecule has 0 aliphatic rings. The lowest BCUT2D eigenvalue weighted by molar-refractivity contribution is -0.120. The number of sulfonamides is 1. The maximum Gasteiger partial charge on any atom is 0.345 e. The molecule has 118 valence electrons. The van der Waals surface area contributed by atoms with E-state index in [1.165, 1.54) is 0 Å². The Morgan fingerprint density at radius 3 is 2.52 bits per heavy atom. The topological polar surface area (TPSA) is 113 Å². The second-order valence-electron chi connectivity index (χ2n) is 4.58. The zero-order chi connectivity index (χ0) is 16.2. The van der Waals surface area contributed by atoms with Crippen LogP contribution in [0.15, 0.2) is 14.7 Å². The van der Waals surface area contributed by atoms with Gasteiger partial charge < -0.3 is 10.4 Å². The lowest BCUT2D eigenvalue weighted by Gasteiger charge is -2.08. The van der Waals surface area contributed by atoms with Gasteiger partial charge in [0.05, 0.1) is 10.3 Å². The second-order valence-corrected chi connectivity index (χ2v) is 8.68. The van der Waals surface area contributed by atoms with E-state index in [9.17, 15) is 18.0 Å². The van der Waals surface area contributed by atoms with E-state index in [0.29, 0.717) is 6.54 Å². The number of thiophene rings is 1. The van der Waals surface area contributed by atoms with Crippen molar-refractivity contribution < 1.29 is 23.1 Å². The van der Waals surface area contributed by atoms with Crippen LogP contribution < -0.4 is 10.0 Å². The van der Waals surface area contributed by atoms with Crippen molar-refractivity contribution in [1.82, 2.24) is 10.0 Å². The molecule has 7 nitrogen and oxygen atoms in total. The van der Waals surface area contributed by atoms with Gasteiger partial charge in [0.25, 0.3) is 0 Å². The van der Waals surface area contributed by atoms with Crippen LogP contribution in [-0.4, -0.2) is 38.5 Å². The molecule has 0 fully saturated rings. The van der Waals surface area contributed by atoms with Crippen molar-refractivity contribution in [2.45, 2.75) is 18.7 Å². The Hall–Kier alpha value is -0.970. The van der Waals surface area contributed by atoms with E-state index in [1.807, 2.05) is 13.8 Å². The molecular formula is C11H15BrN2O5S2. The molecule has 21 heavy (non-hydrogen) atoms. The van der Waals surface area contributed by atoms with E-state index in [-0.39, 0.29) is 19.5 Å². The first-order chi connectivity index (χ1) is 9.63. The molecule has 10 heteroatoms. The summed E-state index contributed by atoms with van der Waals surface area (Å²) in [4.78, 5) is 22.0. The summed E-state index contributed by atoms with van der Waals surface area (Å²) in [7, 11) is -3.95. The van der Waals surface area contributed by atoms with Crippen molar-refractivity contribution in [2.24, 2.45) is 5.92 Å². The van der Waals surface area contributed by atoms with Crippen LogP contribution in [0.3, 0.4) is 0 Å². The fourth-order valence-corrected chi connectivity index (χ4v) is 4.64. The van der Waals surface area contributed by atoms with Gasteiger partial charge in [0.15, 0.2) is 0 Å². The number of carbonyl (C=O) groups excluding carboxylic acids is 1. The lowest BCUT2D eigenvalue weighted by atomic mass is 10.2. The predicted molar refractivity (Wildman–Crippen MR) is 82.0 cm³/mol. The maximum atomic E-state index is 12.0. The van der Waals surface area contributed by atoms with Crippen molar-refractivity contribution in [2.75, 3.05) is 13.1 Å². The molecule has 0 saturated heterocycles. The van der Waals surface area contributed by atoms with Gasteiger partial charge in [0, 0.05) is 6.54 Å². The molecule has 1 amide bonds. The normalized spacial score (nSPS) is 11.6. The van der Waals surface area contributed by atoms with E-state index in [2.05, 4.69) is 26.0 Å². The standard InChI is InChI=1S/C11H15BrN2O5S2/c1-6(2)4-13-9(15)5-14-21(18,19)8-3-7(11(16)17)20-10(8)12/h3,6,14H,4-5H2,1-2H3,(H,13,15)(H,16,17). The summed E-state index contributed by atoms with van der Waals surface area (Å²) in [6, 6.07) is 1.05. The summed E-state index contributed by atoms with van der Waals surface area (Å²) < 4.78 is 26.4. The van der Waals surface area contributed by atoms with Crippen LogP contribution in [0.25, 0.3) is 0 Å². The van der Waals surface area contributed by atoms with Crippen LogP contribution >= 0.6 is 27.3 Å². The molecule has 0 aromatic carbocycles. The van der Waals surface area contributed by atoms with Gasteiger partial charge in [-0.2, -0.15) is 0 Å². The molecule has 0 aliphatic carbocycles.